The zero-order valence-electron chi connectivity index (χ0n) is 11.3. The number of hydrogen-bond acceptors (Lipinski definition) is 2. The van der Waals surface area contributed by atoms with Gasteiger partial charge in [0, 0.05) is 22.9 Å². The van der Waals surface area contributed by atoms with Crippen LogP contribution in [0.4, 0.5) is 0 Å². The van der Waals surface area contributed by atoms with Gasteiger partial charge in [0.2, 0.25) is 0 Å². The highest BCUT2D eigenvalue weighted by Gasteiger charge is 2.31. The Bertz CT molecular complexity index is 597. The number of benzene rings is 2. The molecule has 3 rings (SSSR count). The number of aliphatic hydroxyl groups is 1. The number of ether oxygens (including phenoxy) is 1. The van der Waals surface area contributed by atoms with Crippen molar-refractivity contribution in [1.29, 1.82) is 0 Å². The van der Waals surface area contributed by atoms with Gasteiger partial charge in [-0.15, -0.1) is 0 Å². The van der Waals surface area contributed by atoms with Gasteiger partial charge in [0.1, 0.15) is 11.9 Å². The summed E-state index contributed by atoms with van der Waals surface area (Å²) in [5, 5.41) is 10.9. The van der Waals surface area contributed by atoms with E-state index >= 15 is 0 Å². The lowest BCUT2D eigenvalue weighted by molar-refractivity contribution is 0.0546. The largest absolute Gasteiger partial charge is 0.489 e. The number of rotatable bonds is 2. The third-order valence-corrected chi connectivity index (χ3v) is 4.18. The van der Waals surface area contributed by atoms with Crippen molar-refractivity contribution in [3.63, 3.8) is 0 Å². The summed E-state index contributed by atoms with van der Waals surface area (Å²) < 4.78 is 6.05. The molecule has 20 heavy (non-hydrogen) atoms. The lowest BCUT2D eigenvalue weighted by Gasteiger charge is -2.33. The molecule has 0 radical (unpaired) electrons. The molecule has 0 fully saturated rings. The van der Waals surface area contributed by atoms with Crippen LogP contribution < -0.4 is 4.74 Å². The van der Waals surface area contributed by atoms with E-state index in [0.29, 0.717) is 11.4 Å². The quantitative estimate of drug-likeness (QED) is 0.891. The highest BCUT2D eigenvalue weighted by atomic mass is 35.5. The molecule has 3 unspecified atom stereocenters. The first-order chi connectivity index (χ1) is 9.65. The second-order valence-electron chi connectivity index (χ2n) is 5.29. The van der Waals surface area contributed by atoms with E-state index in [-0.39, 0.29) is 12.0 Å². The molecule has 0 spiro atoms. The molecular weight excluding hydrogens is 272 g/mol. The molecule has 0 aliphatic carbocycles. The summed E-state index contributed by atoms with van der Waals surface area (Å²) in [4.78, 5) is 0. The summed E-state index contributed by atoms with van der Waals surface area (Å²) in [5.74, 6) is 0.968. The topological polar surface area (TPSA) is 29.5 Å². The van der Waals surface area contributed by atoms with Crippen LogP contribution in [0.1, 0.15) is 36.5 Å². The van der Waals surface area contributed by atoms with Crippen molar-refractivity contribution in [2.45, 2.75) is 31.5 Å². The molecule has 2 aromatic carbocycles. The smallest absolute Gasteiger partial charge is 0.125 e. The fourth-order valence-corrected chi connectivity index (χ4v) is 2.90. The van der Waals surface area contributed by atoms with Crippen molar-refractivity contribution in [2.24, 2.45) is 0 Å². The average molecular weight is 289 g/mol. The maximum atomic E-state index is 10.3. The average Bonchev–Trinajstić information content (AvgIpc) is 2.48. The minimum Gasteiger partial charge on any atom is -0.489 e. The second-order valence-corrected chi connectivity index (χ2v) is 5.73. The molecule has 2 nitrogen and oxygen atoms in total. The van der Waals surface area contributed by atoms with Gasteiger partial charge in [0.25, 0.3) is 0 Å². The molecule has 104 valence electrons. The molecule has 2 aromatic rings. The molecule has 0 bridgehead atoms. The van der Waals surface area contributed by atoms with E-state index in [1.807, 2.05) is 24.3 Å². The summed E-state index contributed by atoms with van der Waals surface area (Å²) in [6.07, 6.45) is 0.0401. The Morgan fingerprint density at radius 1 is 1.20 bits per heavy atom. The van der Waals surface area contributed by atoms with Gasteiger partial charge >= 0.3 is 0 Å². The molecule has 3 atom stereocenters. The van der Waals surface area contributed by atoms with Crippen LogP contribution in [-0.2, 0) is 0 Å². The minimum atomic E-state index is -0.520. The van der Waals surface area contributed by atoms with Crippen LogP contribution in [0.25, 0.3) is 0 Å². The van der Waals surface area contributed by atoms with Crippen LogP contribution in [0.5, 0.6) is 5.75 Å². The molecule has 1 N–H and O–H groups in total. The summed E-state index contributed by atoms with van der Waals surface area (Å²) in [5.41, 5.74) is 2.01. The summed E-state index contributed by atoms with van der Waals surface area (Å²) in [7, 11) is 0. The Kier molecular flexibility index (Phi) is 3.68. The first kappa shape index (κ1) is 13.5. The fourth-order valence-electron chi connectivity index (χ4n) is 2.72. The lowest BCUT2D eigenvalue weighted by Crippen LogP contribution is -2.30. The van der Waals surface area contributed by atoms with Gasteiger partial charge in [-0.05, 0) is 23.8 Å². The molecule has 3 heteroatoms. The van der Waals surface area contributed by atoms with E-state index in [9.17, 15) is 5.11 Å². The van der Waals surface area contributed by atoms with Crippen LogP contribution in [-0.4, -0.2) is 11.2 Å². The van der Waals surface area contributed by atoms with Gasteiger partial charge in [-0.1, -0.05) is 48.9 Å². The highest BCUT2D eigenvalue weighted by Crippen LogP contribution is 2.40. The van der Waals surface area contributed by atoms with Gasteiger partial charge < -0.3 is 9.84 Å². The zero-order chi connectivity index (χ0) is 14.1. The van der Waals surface area contributed by atoms with Crippen molar-refractivity contribution >= 4 is 11.6 Å². The molecule has 0 saturated carbocycles. The Morgan fingerprint density at radius 3 is 2.70 bits per heavy atom. The maximum absolute atomic E-state index is 10.3. The lowest BCUT2D eigenvalue weighted by atomic mass is 9.88. The van der Waals surface area contributed by atoms with Crippen LogP contribution in [0.2, 0.25) is 5.02 Å². The molecule has 0 amide bonds. The molecule has 0 saturated heterocycles. The Hall–Kier alpha value is -1.51. The molecule has 0 aromatic heterocycles. The normalized spacial score (nSPS) is 22.8. The third kappa shape index (κ3) is 2.54. The number of halogens is 1. The molecule has 1 aliphatic heterocycles. The standard InChI is InChI=1S/C17H17ClO2/c1-11(12-5-3-2-4-6-12)17-10-15(19)14-9-13(18)7-8-16(14)20-17/h2-9,11,15,17,19H,10H2,1H3. The number of fused-ring (bicyclic) bond motifs is 1. The predicted octanol–water partition coefficient (Wildman–Crippen LogP) is 4.33. The first-order valence-corrected chi connectivity index (χ1v) is 7.22. The summed E-state index contributed by atoms with van der Waals surface area (Å²) in [6, 6.07) is 15.7. The SMILES string of the molecule is CC(c1ccccc1)C1CC(O)c2cc(Cl)ccc2O1. The van der Waals surface area contributed by atoms with E-state index < -0.39 is 6.10 Å². The van der Waals surface area contributed by atoms with Crippen LogP contribution in [0.15, 0.2) is 48.5 Å². The van der Waals surface area contributed by atoms with Gasteiger partial charge in [-0.2, -0.15) is 0 Å². The third-order valence-electron chi connectivity index (χ3n) is 3.95. The van der Waals surface area contributed by atoms with E-state index in [1.165, 1.54) is 5.56 Å². The van der Waals surface area contributed by atoms with E-state index in [0.717, 1.165) is 11.3 Å². The zero-order valence-corrected chi connectivity index (χ0v) is 12.0. The van der Waals surface area contributed by atoms with Gasteiger partial charge in [-0.3, -0.25) is 0 Å². The highest BCUT2D eigenvalue weighted by molar-refractivity contribution is 6.30. The van der Waals surface area contributed by atoms with Gasteiger partial charge in [0.15, 0.2) is 0 Å². The molecular formula is C17H17ClO2. The Labute approximate surface area is 124 Å². The van der Waals surface area contributed by atoms with E-state index in [4.69, 9.17) is 16.3 Å². The van der Waals surface area contributed by atoms with Gasteiger partial charge in [0.05, 0.1) is 6.10 Å². The Balaban J connectivity index is 1.86. The second kappa shape index (κ2) is 5.47. The van der Waals surface area contributed by atoms with E-state index in [2.05, 4.69) is 19.1 Å². The van der Waals surface area contributed by atoms with Crippen LogP contribution in [0.3, 0.4) is 0 Å². The first-order valence-electron chi connectivity index (χ1n) is 6.84. The van der Waals surface area contributed by atoms with Crippen molar-refractivity contribution in [3.05, 3.63) is 64.7 Å². The Morgan fingerprint density at radius 2 is 1.95 bits per heavy atom. The fraction of sp³-hybridized carbons (Fsp3) is 0.294. The predicted molar refractivity (Wildman–Crippen MR) is 80.3 cm³/mol. The molecule has 1 heterocycles. The maximum Gasteiger partial charge on any atom is 0.125 e. The number of aliphatic hydroxyl groups excluding tert-OH is 1. The van der Waals surface area contributed by atoms with E-state index in [1.54, 1.807) is 12.1 Å². The van der Waals surface area contributed by atoms with Crippen molar-refractivity contribution in [1.82, 2.24) is 0 Å². The molecule has 1 aliphatic rings. The monoisotopic (exact) mass is 288 g/mol. The summed E-state index contributed by atoms with van der Waals surface area (Å²) in [6.45, 7) is 2.13. The minimum absolute atomic E-state index is 0.0268. The van der Waals surface area contributed by atoms with Crippen molar-refractivity contribution < 1.29 is 9.84 Å². The van der Waals surface area contributed by atoms with Crippen LogP contribution in [0, 0.1) is 0 Å². The number of hydrogen-bond donors (Lipinski definition) is 1. The van der Waals surface area contributed by atoms with Crippen molar-refractivity contribution in [3.8, 4) is 5.75 Å². The van der Waals surface area contributed by atoms with Crippen LogP contribution >= 0.6 is 11.6 Å². The van der Waals surface area contributed by atoms with Gasteiger partial charge in [-0.25, -0.2) is 0 Å². The van der Waals surface area contributed by atoms with Crippen molar-refractivity contribution in [2.75, 3.05) is 0 Å². The summed E-state index contributed by atoms with van der Waals surface area (Å²) >= 11 is 5.97.